The van der Waals surface area contributed by atoms with Crippen molar-refractivity contribution in [1.82, 2.24) is 14.9 Å². The molecule has 9 heteroatoms. The number of benzene rings is 1. The van der Waals surface area contributed by atoms with Gasteiger partial charge in [0, 0.05) is 13.0 Å². The first-order valence-electron chi connectivity index (χ1n) is 7.36. The number of nitrogens with zero attached hydrogens (tertiary/aromatic N) is 2. The zero-order valence-electron chi connectivity index (χ0n) is 14.0. The maximum Gasteiger partial charge on any atom is 0.241 e. The van der Waals surface area contributed by atoms with Crippen molar-refractivity contribution in [1.29, 1.82) is 0 Å². The Hall–Kier alpha value is -1.84. The fraction of sp³-hybridized carbons (Fsp3) is 0.400. The molecular weight excluding hydrogens is 348 g/mol. The smallest absolute Gasteiger partial charge is 0.241 e. The summed E-state index contributed by atoms with van der Waals surface area (Å²) in [7, 11) is -3.66. The first-order chi connectivity index (χ1) is 11.2. The number of aromatic nitrogens is 2. The lowest BCUT2D eigenvalue weighted by Crippen LogP contribution is -2.29. The molecule has 0 aliphatic heterocycles. The van der Waals surface area contributed by atoms with Crippen molar-refractivity contribution < 1.29 is 13.2 Å². The number of aryl methyl sites for hydroxylation is 4. The monoisotopic (exact) mass is 368 g/mol. The number of sulfonamides is 1. The Bertz CT molecular complexity index is 836. The molecule has 0 fully saturated rings. The SMILES string of the molecule is Cc1cc(C)c(S(=O)(=O)NCCC(=O)Nc2nnc(C)s2)c(C)c1. The molecule has 0 spiro atoms. The lowest BCUT2D eigenvalue weighted by Gasteiger charge is -2.13. The minimum absolute atomic E-state index is 0.0126. The van der Waals surface area contributed by atoms with Gasteiger partial charge < -0.3 is 5.32 Å². The molecule has 2 N–H and O–H groups in total. The van der Waals surface area contributed by atoms with Crippen molar-refractivity contribution in [2.24, 2.45) is 0 Å². The van der Waals surface area contributed by atoms with Crippen LogP contribution in [0.3, 0.4) is 0 Å². The van der Waals surface area contributed by atoms with Crippen molar-refractivity contribution in [2.75, 3.05) is 11.9 Å². The predicted octanol–water partition coefficient (Wildman–Crippen LogP) is 2.08. The van der Waals surface area contributed by atoms with Crippen molar-refractivity contribution in [3.05, 3.63) is 33.8 Å². The Morgan fingerprint density at radius 2 is 1.75 bits per heavy atom. The van der Waals surface area contributed by atoms with Gasteiger partial charge in [-0.05, 0) is 38.8 Å². The van der Waals surface area contributed by atoms with Crippen LogP contribution in [0.2, 0.25) is 0 Å². The molecule has 1 amide bonds. The van der Waals surface area contributed by atoms with Gasteiger partial charge in [0.15, 0.2) is 0 Å². The third-order valence-electron chi connectivity index (χ3n) is 3.29. The van der Waals surface area contributed by atoms with Gasteiger partial charge in [0.1, 0.15) is 5.01 Å². The minimum Gasteiger partial charge on any atom is -0.300 e. The fourth-order valence-electron chi connectivity index (χ4n) is 2.49. The van der Waals surface area contributed by atoms with E-state index in [9.17, 15) is 13.2 Å². The number of nitrogens with one attached hydrogen (secondary N) is 2. The third kappa shape index (κ3) is 4.59. The number of hydrogen-bond donors (Lipinski definition) is 2. The largest absolute Gasteiger partial charge is 0.300 e. The zero-order valence-corrected chi connectivity index (χ0v) is 15.6. The number of carbonyl (C=O) groups excluding carboxylic acids is 1. The average molecular weight is 368 g/mol. The number of hydrogen-bond acceptors (Lipinski definition) is 6. The van der Waals surface area contributed by atoms with E-state index in [4.69, 9.17) is 0 Å². The third-order valence-corrected chi connectivity index (χ3v) is 5.81. The van der Waals surface area contributed by atoms with Crippen LogP contribution in [0.4, 0.5) is 5.13 Å². The maximum absolute atomic E-state index is 12.5. The van der Waals surface area contributed by atoms with Crippen LogP contribution in [-0.4, -0.2) is 31.1 Å². The Morgan fingerprint density at radius 3 is 2.29 bits per heavy atom. The summed E-state index contributed by atoms with van der Waals surface area (Å²) in [5.74, 6) is -0.314. The van der Waals surface area contributed by atoms with E-state index in [0.29, 0.717) is 16.3 Å². The minimum atomic E-state index is -3.66. The van der Waals surface area contributed by atoms with E-state index in [1.165, 1.54) is 11.3 Å². The molecule has 0 aliphatic rings. The Morgan fingerprint density at radius 1 is 1.12 bits per heavy atom. The van der Waals surface area contributed by atoms with Crippen LogP contribution >= 0.6 is 11.3 Å². The van der Waals surface area contributed by atoms with Crippen LogP contribution in [0.25, 0.3) is 0 Å². The molecule has 0 atom stereocenters. The molecule has 130 valence electrons. The van der Waals surface area contributed by atoms with Crippen molar-refractivity contribution in [2.45, 2.75) is 39.0 Å². The topological polar surface area (TPSA) is 101 Å². The lowest BCUT2D eigenvalue weighted by atomic mass is 10.1. The number of rotatable bonds is 6. The molecule has 0 aliphatic carbocycles. The molecule has 7 nitrogen and oxygen atoms in total. The van der Waals surface area contributed by atoms with Crippen molar-refractivity contribution in [3.8, 4) is 0 Å². The molecule has 0 unspecified atom stereocenters. The molecule has 1 heterocycles. The first-order valence-corrected chi connectivity index (χ1v) is 9.66. The van der Waals surface area contributed by atoms with Crippen LogP contribution in [0.1, 0.15) is 28.1 Å². The number of carbonyl (C=O) groups is 1. The Kier molecular flexibility index (Phi) is 5.68. The standard InChI is InChI=1S/C15H20N4O3S2/c1-9-7-10(2)14(11(3)8-9)24(21,22)16-6-5-13(20)17-15-19-18-12(4)23-15/h7-8,16H,5-6H2,1-4H3,(H,17,19,20). The quantitative estimate of drug-likeness (QED) is 0.813. The second-order valence-corrected chi connectivity index (χ2v) is 8.44. The molecule has 1 aromatic heterocycles. The first kappa shape index (κ1) is 18.5. The highest BCUT2D eigenvalue weighted by Gasteiger charge is 2.19. The molecule has 0 bridgehead atoms. The zero-order chi connectivity index (χ0) is 17.9. The van der Waals surface area contributed by atoms with Gasteiger partial charge in [-0.25, -0.2) is 13.1 Å². The maximum atomic E-state index is 12.5. The van der Waals surface area contributed by atoms with E-state index in [-0.39, 0.29) is 23.8 Å². The van der Waals surface area contributed by atoms with Gasteiger partial charge in [-0.3, -0.25) is 4.79 Å². The van der Waals surface area contributed by atoms with Crippen LogP contribution in [-0.2, 0) is 14.8 Å². The fourth-order valence-corrected chi connectivity index (χ4v) is 4.58. The summed E-state index contributed by atoms with van der Waals surface area (Å²) < 4.78 is 27.4. The van der Waals surface area contributed by atoms with Crippen LogP contribution in [0.5, 0.6) is 0 Å². The van der Waals surface area contributed by atoms with Crippen molar-refractivity contribution >= 4 is 32.4 Å². The summed E-state index contributed by atoms with van der Waals surface area (Å²) in [6.07, 6.45) is 0.0157. The van der Waals surface area contributed by atoms with E-state index in [2.05, 4.69) is 20.2 Å². The second-order valence-electron chi connectivity index (χ2n) is 5.55. The van der Waals surface area contributed by atoms with Crippen LogP contribution in [0.15, 0.2) is 17.0 Å². The molecule has 1 aromatic carbocycles. The summed E-state index contributed by atoms with van der Waals surface area (Å²) in [5.41, 5.74) is 2.39. The molecule has 0 saturated carbocycles. The summed E-state index contributed by atoms with van der Waals surface area (Å²) in [5, 5.41) is 11.3. The molecule has 2 aromatic rings. The van der Waals surface area contributed by atoms with Gasteiger partial charge in [-0.1, -0.05) is 29.0 Å². The highest BCUT2D eigenvalue weighted by atomic mass is 32.2. The van der Waals surface area contributed by atoms with E-state index in [0.717, 1.165) is 10.6 Å². The second kappa shape index (κ2) is 7.37. The summed E-state index contributed by atoms with van der Waals surface area (Å²) in [6.45, 7) is 7.24. The van der Waals surface area contributed by atoms with E-state index in [1.54, 1.807) is 20.8 Å². The van der Waals surface area contributed by atoms with Gasteiger partial charge in [0.2, 0.25) is 21.1 Å². The Labute approximate surface area is 145 Å². The normalized spacial score (nSPS) is 11.5. The Balaban J connectivity index is 1.97. The molecule has 0 saturated heterocycles. The highest BCUT2D eigenvalue weighted by Crippen LogP contribution is 2.21. The van der Waals surface area contributed by atoms with Gasteiger partial charge in [-0.15, -0.1) is 10.2 Å². The van der Waals surface area contributed by atoms with Gasteiger partial charge in [0.25, 0.3) is 0 Å². The molecule has 0 radical (unpaired) electrons. The molecule has 24 heavy (non-hydrogen) atoms. The predicted molar refractivity (Wildman–Crippen MR) is 93.7 cm³/mol. The van der Waals surface area contributed by atoms with Crippen LogP contribution < -0.4 is 10.0 Å². The van der Waals surface area contributed by atoms with Crippen LogP contribution in [0, 0.1) is 27.7 Å². The number of anilines is 1. The van der Waals surface area contributed by atoms with Gasteiger partial charge in [0.05, 0.1) is 4.90 Å². The average Bonchev–Trinajstić information content (AvgIpc) is 2.81. The van der Waals surface area contributed by atoms with E-state index < -0.39 is 10.0 Å². The summed E-state index contributed by atoms with van der Waals surface area (Å²) in [6, 6.07) is 3.65. The highest BCUT2D eigenvalue weighted by molar-refractivity contribution is 7.89. The van der Waals surface area contributed by atoms with E-state index >= 15 is 0 Å². The number of amides is 1. The van der Waals surface area contributed by atoms with Gasteiger partial charge in [-0.2, -0.15) is 0 Å². The summed E-state index contributed by atoms with van der Waals surface area (Å²) >= 11 is 1.26. The lowest BCUT2D eigenvalue weighted by molar-refractivity contribution is -0.116. The summed E-state index contributed by atoms with van der Waals surface area (Å²) in [4.78, 5) is 12.1. The molecular formula is C15H20N4O3S2. The molecule has 2 rings (SSSR count). The van der Waals surface area contributed by atoms with E-state index in [1.807, 2.05) is 19.1 Å². The van der Waals surface area contributed by atoms with Gasteiger partial charge >= 0.3 is 0 Å². The van der Waals surface area contributed by atoms with Crippen molar-refractivity contribution in [3.63, 3.8) is 0 Å².